The van der Waals surface area contributed by atoms with Crippen LogP contribution in [0.5, 0.6) is 5.75 Å². The standard InChI is InChI=1S/C9H10BrFO/c1-7(6-10)12-9-4-2-8(11)3-5-9/h2-5,7H,6H2,1H3/t7-/m0/s1. The van der Waals surface area contributed by atoms with Crippen LogP contribution in [-0.2, 0) is 0 Å². The van der Waals surface area contributed by atoms with Crippen LogP contribution in [0.25, 0.3) is 0 Å². The number of hydrogen-bond donors (Lipinski definition) is 0. The van der Waals surface area contributed by atoms with Crippen molar-refractivity contribution in [3.05, 3.63) is 30.1 Å². The highest BCUT2D eigenvalue weighted by molar-refractivity contribution is 9.09. The molecular weight excluding hydrogens is 223 g/mol. The number of rotatable bonds is 3. The molecule has 0 heterocycles. The molecule has 0 N–H and O–H groups in total. The molecule has 0 bridgehead atoms. The van der Waals surface area contributed by atoms with Gasteiger partial charge in [-0.15, -0.1) is 0 Å². The van der Waals surface area contributed by atoms with Crippen LogP contribution in [0.4, 0.5) is 4.39 Å². The summed E-state index contributed by atoms with van der Waals surface area (Å²) in [6, 6.07) is 6.01. The second kappa shape index (κ2) is 4.45. The van der Waals surface area contributed by atoms with Crippen molar-refractivity contribution in [2.75, 3.05) is 5.33 Å². The molecule has 1 aromatic carbocycles. The molecule has 0 saturated carbocycles. The van der Waals surface area contributed by atoms with E-state index in [2.05, 4.69) is 15.9 Å². The number of halogens is 2. The normalized spacial score (nSPS) is 12.6. The smallest absolute Gasteiger partial charge is 0.123 e. The van der Waals surface area contributed by atoms with E-state index in [4.69, 9.17) is 4.74 Å². The van der Waals surface area contributed by atoms with E-state index in [9.17, 15) is 4.39 Å². The highest BCUT2D eigenvalue weighted by Crippen LogP contribution is 2.13. The van der Waals surface area contributed by atoms with Crippen LogP contribution in [0.3, 0.4) is 0 Å². The second-order valence-corrected chi connectivity index (χ2v) is 3.18. The van der Waals surface area contributed by atoms with Crippen molar-refractivity contribution in [2.24, 2.45) is 0 Å². The third-order valence-electron chi connectivity index (χ3n) is 1.37. The maximum Gasteiger partial charge on any atom is 0.123 e. The molecule has 66 valence electrons. The Morgan fingerprint density at radius 1 is 1.42 bits per heavy atom. The summed E-state index contributed by atoms with van der Waals surface area (Å²) in [5.74, 6) is 0.456. The molecule has 0 unspecified atom stereocenters. The zero-order chi connectivity index (χ0) is 8.97. The van der Waals surface area contributed by atoms with Crippen LogP contribution in [0.2, 0.25) is 0 Å². The summed E-state index contributed by atoms with van der Waals surface area (Å²) in [4.78, 5) is 0. The predicted octanol–water partition coefficient (Wildman–Crippen LogP) is 2.99. The Bertz CT molecular complexity index is 235. The molecule has 0 amide bonds. The predicted molar refractivity (Wildman–Crippen MR) is 50.3 cm³/mol. The van der Waals surface area contributed by atoms with Crippen molar-refractivity contribution in [2.45, 2.75) is 13.0 Å². The van der Waals surface area contributed by atoms with E-state index < -0.39 is 0 Å². The molecule has 0 aliphatic heterocycles. The van der Waals surface area contributed by atoms with Gasteiger partial charge in [-0.1, -0.05) is 15.9 Å². The van der Waals surface area contributed by atoms with Gasteiger partial charge in [-0.3, -0.25) is 0 Å². The summed E-state index contributed by atoms with van der Waals surface area (Å²) in [5, 5.41) is 0.768. The van der Waals surface area contributed by atoms with Gasteiger partial charge >= 0.3 is 0 Å². The van der Waals surface area contributed by atoms with Gasteiger partial charge in [0.2, 0.25) is 0 Å². The van der Waals surface area contributed by atoms with E-state index >= 15 is 0 Å². The molecule has 12 heavy (non-hydrogen) atoms. The maximum atomic E-state index is 12.4. The Labute approximate surface area is 79.7 Å². The Morgan fingerprint density at radius 2 is 2.00 bits per heavy atom. The van der Waals surface area contributed by atoms with Gasteiger partial charge in [0.05, 0.1) is 0 Å². The number of benzene rings is 1. The minimum Gasteiger partial charge on any atom is -0.490 e. The lowest BCUT2D eigenvalue weighted by atomic mass is 10.3. The molecule has 0 saturated heterocycles. The van der Waals surface area contributed by atoms with Crippen molar-refractivity contribution in [1.82, 2.24) is 0 Å². The number of ether oxygens (including phenoxy) is 1. The molecule has 1 aromatic rings. The third-order valence-corrected chi connectivity index (χ3v) is 2.28. The van der Waals surface area contributed by atoms with Crippen molar-refractivity contribution >= 4 is 15.9 Å². The lowest BCUT2D eigenvalue weighted by molar-refractivity contribution is 0.248. The zero-order valence-corrected chi connectivity index (χ0v) is 8.34. The first-order chi connectivity index (χ1) is 5.72. The summed E-state index contributed by atoms with van der Waals surface area (Å²) in [7, 11) is 0. The zero-order valence-electron chi connectivity index (χ0n) is 6.76. The van der Waals surface area contributed by atoms with E-state index in [-0.39, 0.29) is 11.9 Å². The van der Waals surface area contributed by atoms with Gasteiger partial charge in [0.15, 0.2) is 0 Å². The van der Waals surface area contributed by atoms with Crippen molar-refractivity contribution in [1.29, 1.82) is 0 Å². The minimum atomic E-state index is -0.242. The van der Waals surface area contributed by atoms with Crippen LogP contribution in [0.1, 0.15) is 6.92 Å². The molecule has 0 aliphatic carbocycles. The van der Waals surface area contributed by atoms with Crippen LogP contribution < -0.4 is 4.74 Å². The van der Waals surface area contributed by atoms with Gasteiger partial charge in [0.1, 0.15) is 17.7 Å². The van der Waals surface area contributed by atoms with Crippen LogP contribution in [-0.4, -0.2) is 11.4 Å². The summed E-state index contributed by atoms with van der Waals surface area (Å²) >= 11 is 3.29. The summed E-state index contributed by atoms with van der Waals surface area (Å²) in [6.45, 7) is 1.94. The van der Waals surface area contributed by atoms with Crippen LogP contribution in [0, 0.1) is 5.82 Å². The Morgan fingerprint density at radius 3 is 2.50 bits per heavy atom. The fourth-order valence-electron chi connectivity index (χ4n) is 0.777. The van der Waals surface area contributed by atoms with Gasteiger partial charge in [-0.05, 0) is 31.2 Å². The molecule has 0 aliphatic rings. The second-order valence-electron chi connectivity index (χ2n) is 2.54. The number of alkyl halides is 1. The van der Waals surface area contributed by atoms with Crippen LogP contribution in [0.15, 0.2) is 24.3 Å². The lowest BCUT2D eigenvalue weighted by Crippen LogP contribution is -2.12. The monoisotopic (exact) mass is 232 g/mol. The Balaban J connectivity index is 2.58. The largest absolute Gasteiger partial charge is 0.490 e. The van der Waals surface area contributed by atoms with Crippen molar-refractivity contribution in [3.63, 3.8) is 0 Å². The lowest BCUT2D eigenvalue weighted by Gasteiger charge is -2.10. The molecule has 3 heteroatoms. The van der Waals surface area contributed by atoms with E-state index in [1.165, 1.54) is 12.1 Å². The average molecular weight is 233 g/mol. The molecule has 0 fully saturated rings. The SMILES string of the molecule is C[C@@H](CBr)Oc1ccc(F)cc1. The molecule has 1 atom stereocenters. The number of hydrogen-bond acceptors (Lipinski definition) is 1. The Kier molecular flexibility index (Phi) is 3.53. The topological polar surface area (TPSA) is 9.23 Å². The van der Waals surface area contributed by atoms with E-state index in [1.54, 1.807) is 12.1 Å². The van der Waals surface area contributed by atoms with E-state index in [1.807, 2.05) is 6.92 Å². The minimum absolute atomic E-state index is 0.107. The highest BCUT2D eigenvalue weighted by atomic mass is 79.9. The maximum absolute atomic E-state index is 12.4. The van der Waals surface area contributed by atoms with Gasteiger partial charge in [-0.25, -0.2) is 4.39 Å². The quantitative estimate of drug-likeness (QED) is 0.729. The van der Waals surface area contributed by atoms with Crippen LogP contribution >= 0.6 is 15.9 Å². The Hall–Kier alpha value is -0.570. The summed E-state index contributed by atoms with van der Waals surface area (Å²) in [6.07, 6.45) is 0.107. The van der Waals surface area contributed by atoms with E-state index in [0.29, 0.717) is 5.75 Å². The molecule has 0 aromatic heterocycles. The first-order valence-electron chi connectivity index (χ1n) is 3.70. The highest BCUT2D eigenvalue weighted by Gasteiger charge is 2.00. The molecule has 1 rings (SSSR count). The van der Waals surface area contributed by atoms with Crippen molar-refractivity contribution < 1.29 is 9.13 Å². The molecular formula is C9H10BrFO. The first-order valence-corrected chi connectivity index (χ1v) is 4.82. The molecule has 0 spiro atoms. The summed E-state index contributed by atoms with van der Waals surface area (Å²) in [5.41, 5.74) is 0. The fourth-order valence-corrected chi connectivity index (χ4v) is 0.909. The molecule has 0 radical (unpaired) electrons. The van der Waals surface area contributed by atoms with Gasteiger partial charge in [0.25, 0.3) is 0 Å². The molecule has 1 nitrogen and oxygen atoms in total. The summed E-state index contributed by atoms with van der Waals surface area (Å²) < 4.78 is 17.8. The first kappa shape index (κ1) is 9.52. The van der Waals surface area contributed by atoms with E-state index in [0.717, 1.165) is 5.33 Å². The van der Waals surface area contributed by atoms with Gasteiger partial charge in [-0.2, -0.15) is 0 Å². The van der Waals surface area contributed by atoms with Gasteiger partial charge in [0, 0.05) is 5.33 Å². The van der Waals surface area contributed by atoms with Crippen molar-refractivity contribution in [3.8, 4) is 5.75 Å². The van der Waals surface area contributed by atoms with Gasteiger partial charge < -0.3 is 4.74 Å². The third kappa shape index (κ3) is 2.81. The fraction of sp³-hybridized carbons (Fsp3) is 0.333. The average Bonchev–Trinajstić information content (AvgIpc) is 2.09.